The predicted octanol–water partition coefficient (Wildman–Crippen LogP) is 2.55. The van der Waals surface area contributed by atoms with Crippen molar-refractivity contribution in [3.63, 3.8) is 0 Å². The quantitative estimate of drug-likeness (QED) is 0.452. The van der Waals surface area contributed by atoms with E-state index in [1.54, 1.807) is 11.9 Å². The number of carbonyl (C=O) groups excluding carboxylic acids is 2. The topological polar surface area (TPSA) is 65.1 Å². The van der Waals surface area contributed by atoms with E-state index in [2.05, 4.69) is 0 Å². The zero-order chi connectivity index (χ0) is 18.8. The van der Waals surface area contributed by atoms with Crippen LogP contribution in [0.15, 0.2) is 0 Å². The van der Waals surface area contributed by atoms with Gasteiger partial charge in [0.1, 0.15) is 5.78 Å². The van der Waals surface area contributed by atoms with Crippen LogP contribution in [0, 0.1) is 5.92 Å². The SMILES string of the molecule is CC.CCC(=O)N(C)CCOCCOCCOCCC(=O)C(C)C. The molecule has 1 amide bonds. The molecular formula is C18H37NO5. The lowest BCUT2D eigenvalue weighted by Gasteiger charge is -2.16. The van der Waals surface area contributed by atoms with Crippen LogP contribution in [0.25, 0.3) is 0 Å². The Hall–Kier alpha value is -0.980. The first-order chi connectivity index (χ1) is 11.5. The number of hydrogen-bond donors (Lipinski definition) is 0. The van der Waals surface area contributed by atoms with Crippen LogP contribution in [-0.2, 0) is 23.8 Å². The fourth-order valence-electron chi connectivity index (χ4n) is 1.60. The van der Waals surface area contributed by atoms with E-state index in [-0.39, 0.29) is 17.6 Å². The summed E-state index contributed by atoms with van der Waals surface area (Å²) in [7, 11) is 1.77. The molecule has 0 radical (unpaired) electrons. The molecule has 6 heteroatoms. The number of hydrogen-bond acceptors (Lipinski definition) is 5. The fraction of sp³-hybridized carbons (Fsp3) is 0.889. The third kappa shape index (κ3) is 15.9. The molecule has 0 aliphatic heterocycles. The molecule has 0 heterocycles. The maximum atomic E-state index is 11.3. The maximum Gasteiger partial charge on any atom is 0.222 e. The molecular weight excluding hydrogens is 310 g/mol. The summed E-state index contributed by atoms with van der Waals surface area (Å²) in [6, 6.07) is 0. The molecule has 0 aliphatic carbocycles. The molecule has 0 aromatic rings. The monoisotopic (exact) mass is 347 g/mol. The summed E-state index contributed by atoms with van der Waals surface area (Å²) in [5.41, 5.74) is 0. The predicted molar refractivity (Wildman–Crippen MR) is 96.2 cm³/mol. The number of ether oxygens (including phenoxy) is 3. The standard InChI is InChI=1S/C16H31NO5.C2H6/c1-5-16(19)17(4)7-9-21-11-13-22-12-10-20-8-6-15(18)14(2)3;1-2/h14H,5-13H2,1-4H3;1-2H3. The van der Waals surface area contributed by atoms with Crippen LogP contribution in [0.5, 0.6) is 0 Å². The number of Topliss-reactive ketones (excluding diaryl/α,β-unsaturated/α-hetero) is 1. The molecule has 0 atom stereocenters. The summed E-state index contributed by atoms with van der Waals surface area (Å²) < 4.78 is 16.1. The van der Waals surface area contributed by atoms with Crippen LogP contribution in [0.3, 0.4) is 0 Å². The van der Waals surface area contributed by atoms with Crippen molar-refractivity contribution < 1.29 is 23.8 Å². The highest BCUT2D eigenvalue weighted by atomic mass is 16.5. The second-order valence-electron chi connectivity index (χ2n) is 5.38. The van der Waals surface area contributed by atoms with Gasteiger partial charge < -0.3 is 19.1 Å². The molecule has 0 saturated carbocycles. The first-order valence-corrected chi connectivity index (χ1v) is 8.98. The van der Waals surface area contributed by atoms with Gasteiger partial charge in [-0.1, -0.05) is 34.6 Å². The molecule has 0 aliphatic rings. The molecule has 144 valence electrons. The van der Waals surface area contributed by atoms with Gasteiger partial charge in [0.25, 0.3) is 0 Å². The highest BCUT2D eigenvalue weighted by Gasteiger charge is 2.06. The Morgan fingerprint density at radius 1 is 0.875 bits per heavy atom. The summed E-state index contributed by atoms with van der Waals surface area (Å²) in [6.07, 6.45) is 0.979. The molecule has 0 saturated heterocycles. The molecule has 0 bridgehead atoms. The van der Waals surface area contributed by atoms with E-state index in [4.69, 9.17) is 14.2 Å². The van der Waals surface area contributed by atoms with E-state index in [1.165, 1.54) is 0 Å². The van der Waals surface area contributed by atoms with E-state index < -0.39 is 0 Å². The van der Waals surface area contributed by atoms with Crippen molar-refractivity contribution in [2.75, 3.05) is 53.2 Å². The number of likely N-dealkylation sites (N-methyl/N-ethyl adjacent to an activating group) is 1. The number of nitrogens with zero attached hydrogens (tertiary/aromatic N) is 1. The molecule has 0 N–H and O–H groups in total. The van der Waals surface area contributed by atoms with E-state index in [9.17, 15) is 9.59 Å². The van der Waals surface area contributed by atoms with Gasteiger partial charge in [0, 0.05) is 32.4 Å². The minimum Gasteiger partial charge on any atom is -0.379 e. The van der Waals surface area contributed by atoms with E-state index >= 15 is 0 Å². The van der Waals surface area contributed by atoms with Crippen LogP contribution in [0.2, 0.25) is 0 Å². The van der Waals surface area contributed by atoms with E-state index in [0.29, 0.717) is 59.0 Å². The lowest BCUT2D eigenvalue weighted by molar-refractivity contribution is -0.130. The Morgan fingerprint density at radius 3 is 1.79 bits per heavy atom. The Kier molecular flexibility index (Phi) is 19.3. The molecule has 0 spiro atoms. The summed E-state index contributed by atoms with van der Waals surface area (Å²) in [5, 5.41) is 0. The molecule has 0 aromatic carbocycles. The van der Waals surface area contributed by atoms with Gasteiger partial charge in [0.15, 0.2) is 0 Å². The van der Waals surface area contributed by atoms with Crippen LogP contribution < -0.4 is 0 Å². The van der Waals surface area contributed by atoms with Crippen molar-refractivity contribution >= 4 is 11.7 Å². The minimum absolute atomic E-state index is 0.0728. The molecule has 6 nitrogen and oxygen atoms in total. The fourth-order valence-corrected chi connectivity index (χ4v) is 1.60. The van der Waals surface area contributed by atoms with Gasteiger partial charge >= 0.3 is 0 Å². The van der Waals surface area contributed by atoms with Gasteiger partial charge in [-0.2, -0.15) is 0 Å². The summed E-state index contributed by atoms with van der Waals surface area (Å²) >= 11 is 0. The van der Waals surface area contributed by atoms with E-state index in [1.807, 2.05) is 34.6 Å². The van der Waals surface area contributed by atoms with Crippen LogP contribution >= 0.6 is 0 Å². The van der Waals surface area contributed by atoms with Crippen molar-refractivity contribution in [3.8, 4) is 0 Å². The van der Waals surface area contributed by atoms with Crippen LogP contribution in [-0.4, -0.2) is 69.8 Å². The molecule has 0 unspecified atom stereocenters. The highest BCUT2D eigenvalue weighted by molar-refractivity contribution is 5.80. The second kappa shape index (κ2) is 18.4. The number of rotatable bonds is 14. The lowest BCUT2D eigenvalue weighted by Crippen LogP contribution is -2.29. The van der Waals surface area contributed by atoms with Gasteiger partial charge in [-0.15, -0.1) is 0 Å². The maximum absolute atomic E-state index is 11.3. The average molecular weight is 347 g/mol. The Bertz CT molecular complexity index is 308. The molecule has 0 aromatic heterocycles. The van der Waals surface area contributed by atoms with Gasteiger partial charge in [0.2, 0.25) is 5.91 Å². The zero-order valence-corrected chi connectivity index (χ0v) is 16.4. The summed E-state index contributed by atoms with van der Waals surface area (Å²) in [4.78, 5) is 24.3. The van der Waals surface area contributed by atoms with Crippen molar-refractivity contribution in [3.05, 3.63) is 0 Å². The smallest absolute Gasteiger partial charge is 0.222 e. The Morgan fingerprint density at radius 2 is 1.33 bits per heavy atom. The van der Waals surface area contributed by atoms with Crippen molar-refractivity contribution in [2.24, 2.45) is 5.92 Å². The Balaban J connectivity index is 0. The number of ketones is 1. The largest absolute Gasteiger partial charge is 0.379 e. The Labute approximate surface area is 147 Å². The van der Waals surface area contributed by atoms with Crippen LogP contribution in [0.1, 0.15) is 47.5 Å². The first-order valence-electron chi connectivity index (χ1n) is 8.98. The first kappa shape index (κ1) is 25.3. The third-order valence-corrected chi connectivity index (χ3v) is 3.18. The normalized spacial score (nSPS) is 10.3. The average Bonchev–Trinajstić information content (AvgIpc) is 2.59. The lowest BCUT2D eigenvalue weighted by atomic mass is 10.1. The molecule has 0 fully saturated rings. The number of carbonyl (C=O) groups is 2. The van der Waals surface area contributed by atoms with Crippen molar-refractivity contribution in [1.82, 2.24) is 4.90 Å². The van der Waals surface area contributed by atoms with Crippen LogP contribution in [0.4, 0.5) is 0 Å². The molecule has 0 rings (SSSR count). The minimum atomic E-state index is 0.0728. The van der Waals surface area contributed by atoms with Crippen molar-refractivity contribution in [2.45, 2.75) is 47.5 Å². The zero-order valence-electron chi connectivity index (χ0n) is 16.4. The summed E-state index contributed by atoms with van der Waals surface area (Å²) in [5.74, 6) is 0.414. The number of amides is 1. The highest BCUT2D eigenvalue weighted by Crippen LogP contribution is 1.98. The van der Waals surface area contributed by atoms with Gasteiger partial charge in [-0.3, -0.25) is 9.59 Å². The molecule has 24 heavy (non-hydrogen) atoms. The third-order valence-electron chi connectivity index (χ3n) is 3.18. The van der Waals surface area contributed by atoms with Gasteiger partial charge in [-0.05, 0) is 0 Å². The van der Waals surface area contributed by atoms with E-state index in [0.717, 1.165) is 0 Å². The van der Waals surface area contributed by atoms with Gasteiger partial charge in [0.05, 0.1) is 39.6 Å². The van der Waals surface area contributed by atoms with Crippen molar-refractivity contribution in [1.29, 1.82) is 0 Å². The van der Waals surface area contributed by atoms with Gasteiger partial charge in [-0.25, -0.2) is 0 Å². The second-order valence-corrected chi connectivity index (χ2v) is 5.38. The summed E-state index contributed by atoms with van der Waals surface area (Å²) in [6.45, 7) is 13.2.